The number of nitrogens with zero attached hydrogens (tertiary/aromatic N) is 2. The first-order valence-electron chi connectivity index (χ1n) is 4.58. The van der Waals surface area contributed by atoms with Gasteiger partial charge in [0, 0.05) is 18.3 Å². The Labute approximate surface area is 83.9 Å². The maximum Gasteiger partial charge on any atom is 0.135 e. The van der Waals surface area contributed by atoms with Gasteiger partial charge in [0.15, 0.2) is 0 Å². The monoisotopic (exact) mass is 190 g/mol. The minimum Gasteiger partial charge on any atom is -0.300 e. The summed E-state index contributed by atoms with van der Waals surface area (Å²) >= 11 is 0. The van der Waals surface area contributed by atoms with Crippen LogP contribution in [-0.2, 0) is 11.3 Å². The minimum atomic E-state index is 0.146. The summed E-state index contributed by atoms with van der Waals surface area (Å²) in [5, 5.41) is 0. The average Bonchev–Trinajstić information content (AvgIpc) is 2.15. The lowest BCUT2D eigenvalue weighted by atomic mass is 10.2. The number of ketones is 1. The predicted molar refractivity (Wildman–Crippen MR) is 56.3 cm³/mol. The van der Waals surface area contributed by atoms with E-state index in [0.29, 0.717) is 13.0 Å². The summed E-state index contributed by atoms with van der Waals surface area (Å²) in [7, 11) is 0. The molecule has 0 amide bonds. The van der Waals surface area contributed by atoms with Crippen molar-refractivity contribution in [2.45, 2.75) is 26.8 Å². The largest absolute Gasteiger partial charge is 0.300 e. The molecule has 0 saturated carbocycles. The highest BCUT2D eigenvalue weighted by atomic mass is 16.1. The van der Waals surface area contributed by atoms with Crippen LogP contribution in [0.2, 0.25) is 0 Å². The standard InChI is InChI=1S/C11H14N2O/c1-9(7-10(2)14)13-8-11-5-3-4-6-12-11/h3-6H,7-8H2,1-2H3. The molecule has 0 aliphatic heterocycles. The van der Waals surface area contributed by atoms with Gasteiger partial charge >= 0.3 is 0 Å². The van der Waals surface area contributed by atoms with E-state index in [2.05, 4.69) is 9.98 Å². The number of carbonyl (C=O) groups is 1. The van der Waals surface area contributed by atoms with E-state index in [1.807, 2.05) is 25.1 Å². The van der Waals surface area contributed by atoms with Crippen LogP contribution in [0.3, 0.4) is 0 Å². The Morgan fingerprint density at radius 3 is 2.79 bits per heavy atom. The molecule has 0 N–H and O–H groups in total. The molecule has 0 aliphatic rings. The third kappa shape index (κ3) is 3.94. The Hall–Kier alpha value is -1.51. The number of pyridine rings is 1. The van der Waals surface area contributed by atoms with Crippen molar-refractivity contribution in [3.63, 3.8) is 0 Å². The zero-order valence-electron chi connectivity index (χ0n) is 8.53. The first-order valence-corrected chi connectivity index (χ1v) is 4.58. The van der Waals surface area contributed by atoms with E-state index in [1.54, 1.807) is 13.1 Å². The first kappa shape index (κ1) is 10.6. The molecule has 0 aliphatic carbocycles. The maximum atomic E-state index is 10.8. The number of hydrogen-bond acceptors (Lipinski definition) is 3. The molecule has 1 aromatic rings. The van der Waals surface area contributed by atoms with Crippen LogP contribution in [0, 0.1) is 0 Å². The molecule has 14 heavy (non-hydrogen) atoms. The van der Waals surface area contributed by atoms with Gasteiger partial charge in [-0.15, -0.1) is 0 Å². The number of rotatable bonds is 4. The smallest absolute Gasteiger partial charge is 0.135 e. The van der Waals surface area contributed by atoms with Crippen molar-refractivity contribution in [2.24, 2.45) is 4.99 Å². The van der Waals surface area contributed by atoms with Crippen LogP contribution in [0.5, 0.6) is 0 Å². The van der Waals surface area contributed by atoms with Crippen LogP contribution < -0.4 is 0 Å². The number of carbonyl (C=O) groups excluding carboxylic acids is 1. The fourth-order valence-corrected chi connectivity index (χ4v) is 1.12. The minimum absolute atomic E-state index is 0.146. The van der Waals surface area contributed by atoms with E-state index in [4.69, 9.17) is 0 Å². The summed E-state index contributed by atoms with van der Waals surface area (Å²) in [6.07, 6.45) is 2.18. The van der Waals surface area contributed by atoms with Gasteiger partial charge < -0.3 is 0 Å². The second-order valence-electron chi connectivity index (χ2n) is 3.25. The summed E-state index contributed by atoms with van der Waals surface area (Å²) in [6.45, 7) is 3.99. The molecule has 0 unspecified atom stereocenters. The highest BCUT2D eigenvalue weighted by Gasteiger charge is 1.96. The Bertz CT molecular complexity index is 330. The SMILES string of the molecule is CC(=O)CC(C)=NCc1ccccn1. The molecule has 3 nitrogen and oxygen atoms in total. The van der Waals surface area contributed by atoms with Crippen LogP contribution in [0.4, 0.5) is 0 Å². The van der Waals surface area contributed by atoms with Crippen molar-refractivity contribution < 1.29 is 4.79 Å². The first-order chi connectivity index (χ1) is 6.68. The fourth-order valence-electron chi connectivity index (χ4n) is 1.12. The summed E-state index contributed by atoms with van der Waals surface area (Å²) in [6, 6.07) is 5.72. The van der Waals surface area contributed by atoms with Crippen molar-refractivity contribution in [1.29, 1.82) is 0 Å². The summed E-state index contributed by atoms with van der Waals surface area (Å²) in [4.78, 5) is 19.2. The van der Waals surface area contributed by atoms with Crippen LogP contribution in [0.15, 0.2) is 29.4 Å². The third-order valence-electron chi connectivity index (χ3n) is 1.74. The van der Waals surface area contributed by atoms with Gasteiger partial charge in [-0.05, 0) is 26.0 Å². The lowest BCUT2D eigenvalue weighted by Crippen LogP contribution is -2.00. The molecule has 1 heterocycles. The molecule has 0 bridgehead atoms. The normalized spacial score (nSPS) is 11.4. The molecule has 74 valence electrons. The topological polar surface area (TPSA) is 42.3 Å². The summed E-state index contributed by atoms with van der Waals surface area (Å²) in [5.41, 5.74) is 1.79. The molecule has 1 aromatic heterocycles. The Balaban J connectivity index is 2.51. The molecule has 0 saturated heterocycles. The van der Waals surface area contributed by atoms with Crippen LogP contribution in [0.25, 0.3) is 0 Å². The third-order valence-corrected chi connectivity index (χ3v) is 1.74. The van der Waals surface area contributed by atoms with E-state index in [9.17, 15) is 4.79 Å². The molecule has 0 fully saturated rings. The summed E-state index contributed by atoms with van der Waals surface area (Å²) < 4.78 is 0. The van der Waals surface area contributed by atoms with Crippen molar-refractivity contribution in [1.82, 2.24) is 4.98 Å². The van der Waals surface area contributed by atoms with E-state index in [0.717, 1.165) is 11.4 Å². The molecule has 3 heteroatoms. The van der Waals surface area contributed by atoms with Gasteiger partial charge in [0.1, 0.15) is 5.78 Å². The number of aromatic nitrogens is 1. The van der Waals surface area contributed by atoms with Gasteiger partial charge in [0.05, 0.1) is 12.2 Å². The lowest BCUT2D eigenvalue weighted by molar-refractivity contribution is -0.115. The zero-order chi connectivity index (χ0) is 10.4. The van der Waals surface area contributed by atoms with Crippen LogP contribution in [-0.4, -0.2) is 16.5 Å². The van der Waals surface area contributed by atoms with Gasteiger partial charge in [0.25, 0.3) is 0 Å². The Morgan fingerprint density at radius 2 is 2.21 bits per heavy atom. The van der Waals surface area contributed by atoms with Crippen molar-refractivity contribution in [2.75, 3.05) is 0 Å². The summed E-state index contributed by atoms with van der Waals surface area (Å²) in [5.74, 6) is 0.146. The average molecular weight is 190 g/mol. The van der Waals surface area contributed by atoms with Gasteiger partial charge in [-0.1, -0.05) is 6.07 Å². The molecule has 0 atom stereocenters. The quantitative estimate of drug-likeness (QED) is 0.682. The number of hydrogen-bond donors (Lipinski definition) is 0. The maximum absolute atomic E-state index is 10.8. The molecule has 0 radical (unpaired) electrons. The molecule has 0 aromatic carbocycles. The highest BCUT2D eigenvalue weighted by molar-refractivity contribution is 5.99. The van der Waals surface area contributed by atoms with E-state index < -0.39 is 0 Å². The fraction of sp³-hybridized carbons (Fsp3) is 0.364. The van der Waals surface area contributed by atoms with Gasteiger partial charge in [-0.2, -0.15) is 0 Å². The Morgan fingerprint density at radius 1 is 1.43 bits per heavy atom. The van der Waals surface area contributed by atoms with Gasteiger partial charge in [0.2, 0.25) is 0 Å². The lowest BCUT2D eigenvalue weighted by Gasteiger charge is -1.97. The van der Waals surface area contributed by atoms with Crippen LogP contribution >= 0.6 is 0 Å². The van der Waals surface area contributed by atoms with Gasteiger partial charge in [-0.25, -0.2) is 0 Å². The van der Waals surface area contributed by atoms with Gasteiger partial charge in [-0.3, -0.25) is 14.8 Å². The molecular formula is C11H14N2O. The van der Waals surface area contributed by atoms with Crippen molar-refractivity contribution in [3.8, 4) is 0 Å². The molecule has 0 spiro atoms. The second-order valence-corrected chi connectivity index (χ2v) is 3.25. The molecule has 1 rings (SSSR count). The zero-order valence-corrected chi connectivity index (χ0v) is 8.53. The second kappa shape index (κ2) is 5.27. The number of aliphatic imine (C=N–C) groups is 1. The Kier molecular flexibility index (Phi) is 3.98. The highest BCUT2D eigenvalue weighted by Crippen LogP contribution is 1.97. The van der Waals surface area contributed by atoms with Crippen LogP contribution in [0.1, 0.15) is 26.0 Å². The van der Waals surface area contributed by atoms with E-state index >= 15 is 0 Å². The van der Waals surface area contributed by atoms with Crippen molar-refractivity contribution >= 4 is 11.5 Å². The predicted octanol–water partition coefficient (Wildman–Crippen LogP) is 2.02. The van der Waals surface area contributed by atoms with Crippen molar-refractivity contribution in [3.05, 3.63) is 30.1 Å². The van der Waals surface area contributed by atoms with E-state index in [-0.39, 0.29) is 5.78 Å². The van der Waals surface area contributed by atoms with E-state index in [1.165, 1.54) is 0 Å². The number of Topliss-reactive ketones (excluding diaryl/α,β-unsaturated/α-hetero) is 1. The molecular weight excluding hydrogens is 176 g/mol.